The summed E-state index contributed by atoms with van der Waals surface area (Å²) >= 11 is 12.8. The lowest BCUT2D eigenvalue weighted by atomic mass is 9.96. The lowest BCUT2D eigenvalue weighted by Crippen LogP contribution is -2.00. The highest BCUT2D eigenvalue weighted by atomic mass is 35.5. The first-order valence-electron chi connectivity index (χ1n) is 7.19. The average Bonchev–Trinajstić information content (AvgIpc) is 2.53. The minimum Gasteiger partial charge on any atom is -0.496 e. The molecule has 112 valence electrons. The van der Waals surface area contributed by atoms with Gasteiger partial charge in [-0.05, 0) is 47.7 Å². The summed E-state index contributed by atoms with van der Waals surface area (Å²) in [5.41, 5.74) is 4.70. The van der Waals surface area contributed by atoms with E-state index in [4.69, 9.17) is 27.9 Å². The van der Waals surface area contributed by atoms with Gasteiger partial charge in [-0.25, -0.2) is 0 Å². The standard InChI is InChI=1S/C18H20Cl2O/c1-4-12-6-7-14(10-13(12)5-2)18(20)16-11-15(19)8-9-17(16)21-3/h6-11,18H,4-5H2,1-3H3. The summed E-state index contributed by atoms with van der Waals surface area (Å²) in [4.78, 5) is 0. The number of aryl methyl sites for hydroxylation is 2. The molecule has 0 fully saturated rings. The smallest absolute Gasteiger partial charge is 0.123 e. The van der Waals surface area contributed by atoms with Gasteiger partial charge >= 0.3 is 0 Å². The second-order valence-corrected chi connectivity index (χ2v) is 5.86. The van der Waals surface area contributed by atoms with Gasteiger partial charge in [-0.3, -0.25) is 0 Å². The molecule has 2 aromatic rings. The molecule has 0 amide bonds. The Kier molecular flexibility index (Phi) is 5.55. The van der Waals surface area contributed by atoms with Crippen molar-refractivity contribution >= 4 is 23.2 Å². The number of methoxy groups -OCH3 is 1. The van der Waals surface area contributed by atoms with Crippen LogP contribution in [0.15, 0.2) is 36.4 Å². The molecule has 2 rings (SSSR count). The third-order valence-corrected chi connectivity index (χ3v) is 4.47. The molecule has 21 heavy (non-hydrogen) atoms. The van der Waals surface area contributed by atoms with E-state index in [0.29, 0.717) is 5.02 Å². The maximum absolute atomic E-state index is 6.67. The zero-order valence-corrected chi connectivity index (χ0v) is 14.1. The molecule has 1 atom stereocenters. The van der Waals surface area contributed by atoms with Crippen molar-refractivity contribution in [2.45, 2.75) is 32.1 Å². The summed E-state index contributed by atoms with van der Waals surface area (Å²) in [6, 6.07) is 12.0. The predicted molar refractivity (Wildman–Crippen MR) is 90.9 cm³/mol. The van der Waals surface area contributed by atoms with Gasteiger partial charge in [0.25, 0.3) is 0 Å². The van der Waals surface area contributed by atoms with Crippen LogP contribution in [0.2, 0.25) is 5.02 Å². The van der Waals surface area contributed by atoms with Gasteiger partial charge in [0.15, 0.2) is 0 Å². The van der Waals surface area contributed by atoms with E-state index in [-0.39, 0.29) is 5.38 Å². The highest BCUT2D eigenvalue weighted by molar-refractivity contribution is 6.31. The molecule has 0 N–H and O–H groups in total. The van der Waals surface area contributed by atoms with Crippen molar-refractivity contribution in [1.82, 2.24) is 0 Å². The number of alkyl halides is 1. The van der Waals surface area contributed by atoms with E-state index in [1.165, 1.54) is 11.1 Å². The number of halogens is 2. The lowest BCUT2D eigenvalue weighted by Gasteiger charge is -2.17. The van der Waals surface area contributed by atoms with E-state index in [1.807, 2.05) is 18.2 Å². The van der Waals surface area contributed by atoms with Crippen LogP contribution in [-0.2, 0) is 12.8 Å². The molecular formula is C18H20Cl2O. The topological polar surface area (TPSA) is 9.23 Å². The molecule has 3 heteroatoms. The van der Waals surface area contributed by atoms with Crippen LogP contribution >= 0.6 is 23.2 Å². The number of ether oxygens (including phenoxy) is 1. The third-order valence-electron chi connectivity index (χ3n) is 3.75. The lowest BCUT2D eigenvalue weighted by molar-refractivity contribution is 0.410. The van der Waals surface area contributed by atoms with Crippen molar-refractivity contribution in [3.63, 3.8) is 0 Å². The van der Waals surface area contributed by atoms with Gasteiger partial charge in [-0.15, -0.1) is 11.6 Å². The molecule has 0 aliphatic heterocycles. The SMILES string of the molecule is CCc1ccc(C(Cl)c2cc(Cl)ccc2OC)cc1CC. The van der Waals surface area contributed by atoms with Gasteiger partial charge in [0, 0.05) is 10.6 Å². The van der Waals surface area contributed by atoms with Gasteiger partial charge < -0.3 is 4.74 Å². The Morgan fingerprint density at radius 1 is 1.00 bits per heavy atom. The maximum atomic E-state index is 6.67. The van der Waals surface area contributed by atoms with Crippen molar-refractivity contribution in [3.8, 4) is 5.75 Å². The summed E-state index contributed by atoms with van der Waals surface area (Å²) in [6.07, 6.45) is 2.05. The van der Waals surface area contributed by atoms with Crippen LogP contribution in [0.1, 0.15) is 41.5 Å². The number of hydrogen-bond donors (Lipinski definition) is 0. The fourth-order valence-corrected chi connectivity index (χ4v) is 3.05. The van der Waals surface area contributed by atoms with Gasteiger partial charge in [0.1, 0.15) is 5.75 Å². The van der Waals surface area contributed by atoms with Crippen molar-refractivity contribution in [1.29, 1.82) is 0 Å². The monoisotopic (exact) mass is 322 g/mol. The summed E-state index contributed by atoms with van der Waals surface area (Å²) in [5, 5.41) is 0.396. The number of hydrogen-bond acceptors (Lipinski definition) is 1. The zero-order chi connectivity index (χ0) is 15.4. The van der Waals surface area contributed by atoms with Gasteiger partial charge in [0.2, 0.25) is 0 Å². The first kappa shape index (κ1) is 16.2. The zero-order valence-electron chi connectivity index (χ0n) is 12.6. The highest BCUT2D eigenvalue weighted by Gasteiger charge is 2.17. The second-order valence-electron chi connectivity index (χ2n) is 4.98. The molecule has 0 saturated heterocycles. The number of benzene rings is 2. The fraction of sp³-hybridized carbons (Fsp3) is 0.333. The molecule has 2 aromatic carbocycles. The average molecular weight is 323 g/mol. The molecule has 0 aromatic heterocycles. The Hall–Kier alpha value is -1.18. The third kappa shape index (κ3) is 3.53. The summed E-state index contributed by atoms with van der Waals surface area (Å²) < 4.78 is 5.40. The van der Waals surface area contributed by atoms with Crippen molar-refractivity contribution in [3.05, 3.63) is 63.7 Å². The quantitative estimate of drug-likeness (QED) is 0.632. The van der Waals surface area contributed by atoms with Crippen LogP contribution in [0.5, 0.6) is 5.75 Å². The summed E-state index contributed by atoms with van der Waals surface area (Å²) in [5.74, 6) is 0.761. The van der Waals surface area contributed by atoms with Crippen LogP contribution in [-0.4, -0.2) is 7.11 Å². The van der Waals surface area contributed by atoms with Gasteiger partial charge in [-0.2, -0.15) is 0 Å². The molecule has 1 unspecified atom stereocenters. The molecule has 0 aliphatic rings. The van der Waals surface area contributed by atoms with Crippen LogP contribution in [0, 0.1) is 0 Å². The van der Waals surface area contributed by atoms with Crippen molar-refractivity contribution < 1.29 is 4.74 Å². The van der Waals surface area contributed by atoms with E-state index in [9.17, 15) is 0 Å². The van der Waals surface area contributed by atoms with E-state index >= 15 is 0 Å². The van der Waals surface area contributed by atoms with Gasteiger partial charge in [0.05, 0.1) is 12.5 Å². The fourth-order valence-electron chi connectivity index (χ4n) is 2.56. The molecule has 0 saturated carbocycles. The minimum atomic E-state index is -0.269. The minimum absolute atomic E-state index is 0.269. The molecule has 0 spiro atoms. The van der Waals surface area contributed by atoms with E-state index in [1.54, 1.807) is 7.11 Å². The van der Waals surface area contributed by atoms with E-state index < -0.39 is 0 Å². The van der Waals surface area contributed by atoms with Crippen LogP contribution in [0.25, 0.3) is 0 Å². The van der Waals surface area contributed by atoms with Crippen molar-refractivity contribution in [2.24, 2.45) is 0 Å². The Morgan fingerprint density at radius 3 is 2.33 bits per heavy atom. The van der Waals surface area contributed by atoms with Crippen LogP contribution in [0.3, 0.4) is 0 Å². The van der Waals surface area contributed by atoms with Crippen molar-refractivity contribution in [2.75, 3.05) is 7.11 Å². The Bertz CT molecular complexity index is 623. The highest BCUT2D eigenvalue weighted by Crippen LogP contribution is 2.37. The van der Waals surface area contributed by atoms with Gasteiger partial charge in [-0.1, -0.05) is 43.6 Å². The summed E-state index contributed by atoms with van der Waals surface area (Å²) in [7, 11) is 1.65. The largest absolute Gasteiger partial charge is 0.496 e. The Labute approximate surface area is 136 Å². The molecular weight excluding hydrogens is 303 g/mol. The molecule has 1 nitrogen and oxygen atoms in total. The summed E-state index contributed by atoms with van der Waals surface area (Å²) in [6.45, 7) is 4.34. The van der Waals surface area contributed by atoms with Crippen LogP contribution in [0.4, 0.5) is 0 Å². The first-order chi connectivity index (χ1) is 10.1. The molecule has 0 bridgehead atoms. The first-order valence-corrected chi connectivity index (χ1v) is 8.01. The molecule has 0 radical (unpaired) electrons. The van der Waals surface area contributed by atoms with E-state index in [2.05, 4.69) is 32.0 Å². The second kappa shape index (κ2) is 7.20. The Morgan fingerprint density at radius 2 is 1.71 bits per heavy atom. The normalized spacial score (nSPS) is 12.2. The van der Waals surface area contributed by atoms with Crippen LogP contribution < -0.4 is 4.74 Å². The number of rotatable bonds is 5. The molecule has 0 heterocycles. The van der Waals surface area contributed by atoms with E-state index in [0.717, 1.165) is 29.7 Å². The predicted octanol–water partition coefficient (Wildman–Crippen LogP) is 5.80. The Balaban J connectivity index is 2.44. The molecule has 0 aliphatic carbocycles. The maximum Gasteiger partial charge on any atom is 0.123 e.